The molecule has 0 aliphatic carbocycles. The van der Waals surface area contributed by atoms with Crippen LogP contribution in [0.3, 0.4) is 0 Å². The van der Waals surface area contributed by atoms with E-state index in [0.29, 0.717) is 5.41 Å². The van der Waals surface area contributed by atoms with Crippen LogP contribution in [-0.2, 0) is 6.54 Å². The second-order valence-electron chi connectivity index (χ2n) is 8.40. The SMILES string of the molecule is Cc1cc(N2CCCC(C)(C)C2)ccc1CNC(C)(C)C. The Kier molecular flexibility index (Phi) is 4.67. The van der Waals surface area contributed by atoms with Gasteiger partial charge in [-0.05, 0) is 69.2 Å². The Hall–Kier alpha value is -1.02. The van der Waals surface area contributed by atoms with Crippen LogP contribution in [0.1, 0.15) is 58.6 Å². The number of aryl methyl sites for hydroxylation is 1. The van der Waals surface area contributed by atoms with Crippen molar-refractivity contribution in [2.75, 3.05) is 18.0 Å². The standard InChI is InChI=1S/C19H32N2/c1-15-12-17(21-11-7-10-19(5,6)14-21)9-8-16(15)13-20-18(2,3)4/h8-9,12,20H,7,10-11,13-14H2,1-6H3. The van der Waals surface area contributed by atoms with Gasteiger partial charge in [-0.3, -0.25) is 0 Å². The third-order valence-corrected chi connectivity index (χ3v) is 4.40. The average molecular weight is 288 g/mol. The Labute approximate surface area is 130 Å². The van der Waals surface area contributed by atoms with Crippen LogP contribution in [0, 0.1) is 12.3 Å². The van der Waals surface area contributed by atoms with Crippen LogP contribution in [0.5, 0.6) is 0 Å². The second kappa shape index (κ2) is 6.00. The molecule has 1 aromatic rings. The van der Waals surface area contributed by atoms with Crippen LogP contribution in [0.25, 0.3) is 0 Å². The van der Waals surface area contributed by atoms with Gasteiger partial charge in [-0.25, -0.2) is 0 Å². The second-order valence-corrected chi connectivity index (χ2v) is 8.40. The summed E-state index contributed by atoms with van der Waals surface area (Å²) in [5, 5.41) is 3.58. The number of hydrogen-bond acceptors (Lipinski definition) is 2. The molecule has 0 saturated carbocycles. The first kappa shape index (κ1) is 16.4. The number of nitrogens with one attached hydrogen (secondary N) is 1. The molecule has 0 spiro atoms. The predicted octanol–water partition coefficient (Wildman–Crippen LogP) is 4.51. The van der Waals surface area contributed by atoms with Gasteiger partial charge < -0.3 is 10.2 Å². The van der Waals surface area contributed by atoms with Crippen molar-refractivity contribution in [3.8, 4) is 0 Å². The maximum absolute atomic E-state index is 3.58. The highest BCUT2D eigenvalue weighted by Crippen LogP contribution is 2.32. The van der Waals surface area contributed by atoms with Crippen molar-refractivity contribution in [2.45, 2.75) is 66.5 Å². The van der Waals surface area contributed by atoms with E-state index in [0.717, 1.165) is 6.54 Å². The minimum atomic E-state index is 0.169. The summed E-state index contributed by atoms with van der Waals surface area (Å²) in [6, 6.07) is 6.96. The van der Waals surface area contributed by atoms with Gasteiger partial charge >= 0.3 is 0 Å². The van der Waals surface area contributed by atoms with Gasteiger partial charge in [0.15, 0.2) is 0 Å². The summed E-state index contributed by atoms with van der Waals surface area (Å²) in [6.45, 7) is 17.0. The van der Waals surface area contributed by atoms with Crippen LogP contribution >= 0.6 is 0 Å². The van der Waals surface area contributed by atoms with Crippen molar-refractivity contribution in [1.82, 2.24) is 5.32 Å². The number of piperidine rings is 1. The maximum atomic E-state index is 3.58. The molecule has 21 heavy (non-hydrogen) atoms. The molecule has 1 fully saturated rings. The summed E-state index contributed by atoms with van der Waals surface area (Å²) < 4.78 is 0. The molecule has 1 heterocycles. The van der Waals surface area contributed by atoms with Crippen LogP contribution in [0.4, 0.5) is 5.69 Å². The fraction of sp³-hybridized carbons (Fsp3) is 0.684. The van der Waals surface area contributed by atoms with E-state index in [-0.39, 0.29) is 5.54 Å². The Bertz CT molecular complexity index is 483. The Morgan fingerprint density at radius 1 is 1.24 bits per heavy atom. The zero-order chi connectivity index (χ0) is 15.7. The van der Waals surface area contributed by atoms with E-state index in [4.69, 9.17) is 0 Å². The van der Waals surface area contributed by atoms with E-state index >= 15 is 0 Å². The summed E-state index contributed by atoms with van der Waals surface area (Å²) >= 11 is 0. The molecule has 1 aromatic carbocycles. The van der Waals surface area contributed by atoms with E-state index in [9.17, 15) is 0 Å². The number of benzene rings is 1. The molecule has 0 bridgehead atoms. The Morgan fingerprint density at radius 3 is 2.52 bits per heavy atom. The summed E-state index contributed by atoms with van der Waals surface area (Å²) in [4.78, 5) is 2.55. The molecule has 0 unspecified atom stereocenters. The van der Waals surface area contributed by atoms with Gasteiger partial charge in [0, 0.05) is 30.9 Å². The van der Waals surface area contributed by atoms with E-state index in [2.05, 4.69) is 70.0 Å². The third-order valence-electron chi connectivity index (χ3n) is 4.40. The molecule has 2 nitrogen and oxygen atoms in total. The summed E-state index contributed by atoms with van der Waals surface area (Å²) in [6.07, 6.45) is 2.65. The molecule has 0 radical (unpaired) electrons. The first-order valence-electron chi connectivity index (χ1n) is 8.26. The number of nitrogens with zero attached hydrogens (tertiary/aromatic N) is 1. The molecule has 1 N–H and O–H groups in total. The smallest absolute Gasteiger partial charge is 0.0369 e. The monoisotopic (exact) mass is 288 g/mol. The lowest BCUT2D eigenvalue weighted by molar-refractivity contribution is 0.293. The highest BCUT2D eigenvalue weighted by atomic mass is 15.1. The molecule has 0 aromatic heterocycles. The average Bonchev–Trinajstić information content (AvgIpc) is 2.35. The fourth-order valence-electron chi connectivity index (χ4n) is 3.08. The van der Waals surface area contributed by atoms with Gasteiger partial charge in [-0.1, -0.05) is 19.9 Å². The quantitative estimate of drug-likeness (QED) is 0.880. The van der Waals surface area contributed by atoms with Crippen LogP contribution in [0.15, 0.2) is 18.2 Å². The number of anilines is 1. The number of rotatable bonds is 3. The zero-order valence-corrected chi connectivity index (χ0v) is 14.7. The predicted molar refractivity (Wildman–Crippen MR) is 93.0 cm³/mol. The van der Waals surface area contributed by atoms with Gasteiger partial charge in [-0.15, -0.1) is 0 Å². The first-order chi connectivity index (χ1) is 9.66. The minimum absolute atomic E-state index is 0.169. The highest BCUT2D eigenvalue weighted by molar-refractivity contribution is 5.51. The molecule has 0 atom stereocenters. The van der Waals surface area contributed by atoms with Crippen molar-refractivity contribution >= 4 is 5.69 Å². The lowest BCUT2D eigenvalue weighted by Gasteiger charge is -2.39. The summed E-state index contributed by atoms with van der Waals surface area (Å²) in [5.74, 6) is 0. The molecule has 1 saturated heterocycles. The molecule has 1 aliphatic heterocycles. The van der Waals surface area contributed by atoms with Crippen molar-refractivity contribution in [3.63, 3.8) is 0 Å². The van der Waals surface area contributed by atoms with Crippen molar-refractivity contribution in [3.05, 3.63) is 29.3 Å². The van der Waals surface area contributed by atoms with Gasteiger partial charge in [0.25, 0.3) is 0 Å². The third kappa shape index (κ3) is 4.74. The largest absolute Gasteiger partial charge is 0.371 e. The summed E-state index contributed by atoms with van der Waals surface area (Å²) in [7, 11) is 0. The van der Waals surface area contributed by atoms with E-state index in [1.54, 1.807) is 0 Å². The topological polar surface area (TPSA) is 15.3 Å². The zero-order valence-electron chi connectivity index (χ0n) is 14.7. The molecule has 118 valence electrons. The van der Waals surface area contributed by atoms with Gasteiger partial charge in [-0.2, -0.15) is 0 Å². The molecule has 2 heteroatoms. The Balaban J connectivity index is 2.08. The maximum Gasteiger partial charge on any atom is 0.0369 e. The minimum Gasteiger partial charge on any atom is -0.371 e. The summed E-state index contributed by atoms with van der Waals surface area (Å²) in [5.41, 5.74) is 4.80. The lowest BCUT2D eigenvalue weighted by atomic mass is 9.84. The van der Waals surface area contributed by atoms with Gasteiger partial charge in [0.2, 0.25) is 0 Å². The van der Waals surface area contributed by atoms with E-state index in [1.165, 1.54) is 42.7 Å². The van der Waals surface area contributed by atoms with Crippen LogP contribution in [0.2, 0.25) is 0 Å². The lowest BCUT2D eigenvalue weighted by Crippen LogP contribution is -2.40. The van der Waals surface area contributed by atoms with Crippen LogP contribution in [-0.4, -0.2) is 18.6 Å². The van der Waals surface area contributed by atoms with Crippen LogP contribution < -0.4 is 10.2 Å². The van der Waals surface area contributed by atoms with Crippen molar-refractivity contribution in [1.29, 1.82) is 0 Å². The molecule has 2 rings (SSSR count). The van der Waals surface area contributed by atoms with Gasteiger partial charge in [0.05, 0.1) is 0 Å². The highest BCUT2D eigenvalue weighted by Gasteiger charge is 2.26. The molecular weight excluding hydrogens is 256 g/mol. The van der Waals surface area contributed by atoms with E-state index < -0.39 is 0 Å². The normalized spacial score (nSPS) is 18.9. The molecule has 0 amide bonds. The van der Waals surface area contributed by atoms with Crippen molar-refractivity contribution < 1.29 is 0 Å². The van der Waals surface area contributed by atoms with E-state index in [1.807, 2.05) is 0 Å². The molecular formula is C19H32N2. The number of hydrogen-bond donors (Lipinski definition) is 1. The molecule has 1 aliphatic rings. The first-order valence-corrected chi connectivity index (χ1v) is 8.26. The van der Waals surface area contributed by atoms with Crippen molar-refractivity contribution in [2.24, 2.45) is 5.41 Å². The van der Waals surface area contributed by atoms with Gasteiger partial charge in [0.1, 0.15) is 0 Å². The fourth-order valence-corrected chi connectivity index (χ4v) is 3.08. The Morgan fingerprint density at radius 2 is 1.95 bits per heavy atom.